The lowest BCUT2D eigenvalue weighted by molar-refractivity contribution is -0.00780. The molecule has 0 saturated carbocycles. The van der Waals surface area contributed by atoms with Crippen LogP contribution in [0.15, 0.2) is 18.2 Å². The predicted molar refractivity (Wildman–Crippen MR) is 76.7 cm³/mol. The summed E-state index contributed by atoms with van der Waals surface area (Å²) in [5.41, 5.74) is 3.08. The Morgan fingerprint density at radius 3 is 2.53 bits per heavy atom. The molecule has 4 aliphatic rings. The molecule has 2 nitrogen and oxygen atoms in total. The maximum Gasteiger partial charge on any atom is 0.120 e. The van der Waals surface area contributed by atoms with Crippen LogP contribution in [0.1, 0.15) is 36.8 Å². The average molecular weight is 257 g/mol. The lowest BCUT2D eigenvalue weighted by Crippen LogP contribution is -2.52. The van der Waals surface area contributed by atoms with E-state index in [2.05, 4.69) is 23.1 Å². The fourth-order valence-corrected chi connectivity index (χ4v) is 4.00. The number of aryl methyl sites for hydroxylation is 2. The van der Waals surface area contributed by atoms with Gasteiger partial charge in [-0.05, 0) is 80.8 Å². The van der Waals surface area contributed by atoms with Crippen molar-refractivity contribution in [3.63, 3.8) is 0 Å². The molecule has 1 atom stereocenters. The minimum absolute atomic E-state index is 0.434. The van der Waals surface area contributed by atoms with E-state index in [1.807, 2.05) is 0 Å². The van der Waals surface area contributed by atoms with Crippen LogP contribution in [0.3, 0.4) is 0 Å². The van der Waals surface area contributed by atoms with E-state index in [1.165, 1.54) is 57.2 Å². The molecular weight excluding hydrogens is 234 g/mol. The second kappa shape index (κ2) is 4.82. The number of nitrogens with zero attached hydrogens (tertiary/aromatic N) is 1. The molecule has 3 fully saturated rings. The Labute approximate surface area is 115 Å². The molecule has 102 valence electrons. The zero-order valence-electron chi connectivity index (χ0n) is 11.6. The first-order valence-electron chi connectivity index (χ1n) is 7.89. The second-order valence-electron chi connectivity index (χ2n) is 6.43. The summed E-state index contributed by atoms with van der Waals surface area (Å²) >= 11 is 0. The van der Waals surface area contributed by atoms with Gasteiger partial charge in [-0.15, -0.1) is 0 Å². The maximum atomic E-state index is 6.31. The van der Waals surface area contributed by atoms with E-state index in [0.29, 0.717) is 6.10 Å². The highest BCUT2D eigenvalue weighted by molar-refractivity contribution is 5.37. The molecule has 2 heteroatoms. The van der Waals surface area contributed by atoms with Crippen LogP contribution in [-0.2, 0) is 12.8 Å². The number of hydrogen-bond donors (Lipinski definition) is 0. The third-order valence-corrected chi connectivity index (χ3v) is 5.20. The number of fused-ring (bicyclic) bond motifs is 4. The van der Waals surface area contributed by atoms with Gasteiger partial charge >= 0.3 is 0 Å². The van der Waals surface area contributed by atoms with Crippen molar-refractivity contribution in [3.8, 4) is 5.75 Å². The molecule has 3 aliphatic heterocycles. The molecule has 3 saturated heterocycles. The summed E-state index contributed by atoms with van der Waals surface area (Å²) in [5, 5.41) is 0. The normalized spacial score (nSPS) is 32.9. The highest BCUT2D eigenvalue weighted by Gasteiger charge is 2.35. The lowest BCUT2D eigenvalue weighted by atomic mass is 9.86. The van der Waals surface area contributed by atoms with E-state index in [-0.39, 0.29) is 0 Å². The number of hydrogen-bond acceptors (Lipinski definition) is 2. The van der Waals surface area contributed by atoms with Gasteiger partial charge in [0, 0.05) is 6.54 Å². The van der Waals surface area contributed by atoms with Crippen molar-refractivity contribution in [1.29, 1.82) is 0 Å². The second-order valence-corrected chi connectivity index (χ2v) is 6.43. The van der Waals surface area contributed by atoms with E-state index < -0.39 is 0 Å². The van der Waals surface area contributed by atoms with Gasteiger partial charge in [-0.3, -0.25) is 4.90 Å². The maximum absolute atomic E-state index is 6.31. The molecule has 19 heavy (non-hydrogen) atoms. The van der Waals surface area contributed by atoms with Gasteiger partial charge in [-0.25, -0.2) is 0 Å². The minimum atomic E-state index is 0.434. The Hall–Kier alpha value is -1.02. The topological polar surface area (TPSA) is 12.5 Å². The zero-order valence-corrected chi connectivity index (χ0v) is 11.6. The van der Waals surface area contributed by atoms with Gasteiger partial charge in [0.05, 0.1) is 0 Å². The first-order chi connectivity index (χ1) is 9.38. The summed E-state index contributed by atoms with van der Waals surface area (Å²) in [7, 11) is 0. The molecule has 1 aliphatic carbocycles. The highest BCUT2D eigenvalue weighted by atomic mass is 16.5. The van der Waals surface area contributed by atoms with E-state index in [0.717, 1.165) is 18.2 Å². The van der Waals surface area contributed by atoms with Crippen molar-refractivity contribution in [2.45, 2.75) is 44.6 Å². The summed E-state index contributed by atoms with van der Waals surface area (Å²) in [6, 6.07) is 6.80. The van der Waals surface area contributed by atoms with Gasteiger partial charge in [0.1, 0.15) is 11.9 Å². The summed E-state index contributed by atoms with van der Waals surface area (Å²) in [6.07, 6.45) is 8.29. The average Bonchev–Trinajstić information content (AvgIpc) is 2.48. The molecule has 0 amide bonds. The molecule has 2 bridgehead atoms. The van der Waals surface area contributed by atoms with Crippen LogP contribution in [0.25, 0.3) is 0 Å². The number of ether oxygens (including phenoxy) is 1. The third kappa shape index (κ3) is 2.27. The van der Waals surface area contributed by atoms with Crippen molar-refractivity contribution in [2.24, 2.45) is 5.92 Å². The number of rotatable bonds is 2. The lowest BCUT2D eigenvalue weighted by Gasteiger charge is -2.44. The van der Waals surface area contributed by atoms with Crippen LogP contribution in [-0.4, -0.2) is 30.6 Å². The van der Waals surface area contributed by atoms with Crippen LogP contribution < -0.4 is 4.74 Å². The van der Waals surface area contributed by atoms with E-state index in [1.54, 1.807) is 5.56 Å². The van der Waals surface area contributed by atoms with E-state index in [4.69, 9.17) is 4.74 Å². The van der Waals surface area contributed by atoms with Gasteiger partial charge < -0.3 is 4.74 Å². The van der Waals surface area contributed by atoms with Gasteiger partial charge in [-0.2, -0.15) is 0 Å². The van der Waals surface area contributed by atoms with Crippen LogP contribution in [0.4, 0.5) is 0 Å². The summed E-state index contributed by atoms with van der Waals surface area (Å²) in [4.78, 5) is 2.56. The van der Waals surface area contributed by atoms with Crippen molar-refractivity contribution in [3.05, 3.63) is 29.3 Å². The largest absolute Gasteiger partial charge is 0.489 e. The Balaban J connectivity index is 1.50. The highest BCUT2D eigenvalue weighted by Crippen LogP contribution is 2.32. The fraction of sp³-hybridized carbons (Fsp3) is 0.647. The molecule has 1 aromatic carbocycles. The number of piperidine rings is 3. The van der Waals surface area contributed by atoms with Crippen LogP contribution in [0.5, 0.6) is 5.75 Å². The minimum Gasteiger partial charge on any atom is -0.489 e. The molecule has 0 spiro atoms. The Morgan fingerprint density at radius 1 is 1.00 bits per heavy atom. The quantitative estimate of drug-likeness (QED) is 0.807. The Morgan fingerprint density at radius 2 is 1.79 bits per heavy atom. The Kier molecular flexibility index (Phi) is 2.99. The van der Waals surface area contributed by atoms with Crippen molar-refractivity contribution < 1.29 is 4.74 Å². The van der Waals surface area contributed by atoms with Gasteiger partial charge in [-0.1, -0.05) is 6.07 Å². The molecule has 1 aromatic rings. The van der Waals surface area contributed by atoms with Crippen molar-refractivity contribution in [2.75, 3.05) is 19.6 Å². The van der Waals surface area contributed by atoms with Gasteiger partial charge in [0.15, 0.2) is 0 Å². The SMILES string of the molecule is c1cc2c(cc1O[C@H]1CN3CCC1CC3)CCCC2. The van der Waals surface area contributed by atoms with Crippen LogP contribution in [0, 0.1) is 5.92 Å². The smallest absolute Gasteiger partial charge is 0.120 e. The first-order valence-corrected chi connectivity index (χ1v) is 7.89. The summed E-state index contributed by atoms with van der Waals surface area (Å²) < 4.78 is 6.31. The molecule has 0 N–H and O–H groups in total. The van der Waals surface area contributed by atoms with E-state index >= 15 is 0 Å². The van der Waals surface area contributed by atoms with E-state index in [9.17, 15) is 0 Å². The Bertz CT molecular complexity index is 462. The summed E-state index contributed by atoms with van der Waals surface area (Å²) in [6.45, 7) is 3.71. The van der Waals surface area contributed by atoms with Crippen LogP contribution in [0.2, 0.25) is 0 Å². The standard InChI is InChI=1S/C17H23NO/c1-2-4-15-11-16(6-5-13(15)3-1)19-17-12-18-9-7-14(17)8-10-18/h5-6,11,14,17H,1-4,7-10,12H2/t17-/m0/s1. The van der Waals surface area contributed by atoms with Crippen molar-refractivity contribution in [1.82, 2.24) is 4.90 Å². The van der Waals surface area contributed by atoms with Crippen LogP contribution >= 0.6 is 0 Å². The summed E-state index contributed by atoms with van der Waals surface area (Å²) in [5.74, 6) is 1.90. The fourth-order valence-electron chi connectivity index (χ4n) is 4.00. The molecule has 3 heterocycles. The molecule has 0 unspecified atom stereocenters. The predicted octanol–water partition coefficient (Wildman–Crippen LogP) is 3.04. The zero-order chi connectivity index (χ0) is 12.7. The molecule has 5 rings (SSSR count). The molecule has 0 aromatic heterocycles. The number of benzene rings is 1. The molecule has 0 radical (unpaired) electrons. The van der Waals surface area contributed by atoms with Gasteiger partial charge in [0.2, 0.25) is 0 Å². The monoisotopic (exact) mass is 257 g/mol. The molecular formula is C17H23NO. The third-order valence-electron chi connectivity index (χ3n) is 5.20. The first kappa shape index (κ1) is 11.8. The van der Waals surface area contributed by atoms with Gasteiger partial charge in [0.25, 0.3) is 0 Å². The van der Waals surface area contributed by atoms with Crippen molar-refractivity contribution >= 4 is 0 Å².